The van der Waals surface area contributed by atoms with Gasteiger partial charge in [0.15, 0.2) is 0 Å². The van der Waals surface area contributed by atoms with Gasteiger partial charge in [-0.15, -0.1) is 11.3 Å². The molecular weight excluding hydrogens is 341 g/mol. The third-order valence-electron chi connectivity index (χ3n) is 4.14. The fourth-order valence-corrected chi connectivity index (χ4v) is 3.38. The third-order valence-corrected chi connectivity index (χ3v) is 5.06. The van der Waals surface area contributed by atoms with Crippen LogP contribution in [0.25, 0.3) is 0 Å². The summed E-state index contributed by atoms with van der Waals surface area (Å²) in [6, 6.07) is 9.69. The molecule has 0 fully saturated rings. The van der Waals surface area contributed by atoms with Crippen molar-refractivity contribution in [2.45, 2.75) is 19.4 Å². The average Bonchev–Trinajstić information content (AvgIpc) is 3.24. The Morgan fingerprint density at radius 1 is 1.32 bits per heavy atom. The summed E-state index contributed by atoms with van der Waals surface area (Å²) in [5.74, 6) is -0.776. The van der Waals surface area contributed by atoms with Crippen molar-refractivity contribution in [3.8, 4) is 0 Å². The highest BCUT2D eigenvalue weighted by Gasteiger charge is 2.33. The van der Waals surface area contributed by atoms with E-state index < -0.39 is 0 Å². The maximum Gasteiger partial charge on any atom is 0.262 e. The molecule has 130 valence electrons. The van der Waals surface area contributed by atoms with E-state index in [0.29, 0.717) is 6.42 Å². The molecule has 25 heavy (non-hydrogen) atoms. The van der Waals surface area contributed by atoms with Gasteiger partial charge in [0.05, 0.1) is 16.6 Å². The molecule has 7 heteroatoms. The van der Waals surface area contributed by atoms with Gasteiger partial charge in [0.2, 0.25) is 5.91 Å². The number of thiophene rings is 1. The van der Waals surface area contributed by atoms with Crippen LogP contribution in [0.2, 0.25) is 0 Å². The Morgan fingerprint density at radius 2 is 2.04 bits per heavy atom. The number of halogens is 1. The standard InChI is InChI=1S/C18H18FN3O2S/c1-12(23)21(2)11-18(24)22-16(13-5-7-14(19)8-6-13)10-15(20-22)17-4-3-9-25-17/h3-9,16H,10-11H2,1-2H3. The van der Waals surface area contributed by atoms with Crippen LogP contribution in [0.1, 0.15) is 29.8 Å². The smallest absolute Gasteiger partial charge is 0.262 e. The molecule has 0 bridgehead atoms. The van der Waals surface area contributed by atoms with Crippen molar-refractivity contribution >= 4 is 28.9 Å². The number of rotatable bonds is 4. The second-order valence-electron chi connectivity index (χ2n) is 5.91. The van der Waals surface area contributed by atoms with Crippen LogP contribution >= 0.6 is 11.3 Å². The maximum absolute atomic E-state index is 13.2. The van der Waals surface area contributed by atoms with Gasteiger partial charge in [-0.2, -0.15) is 5.10 Å². The molecule has 0 radical (unpaired) electrons. The van der Waals surface area contributed by atoms with Crippen molar-refractivity contribution in [1.82, 2.24) is 9.91 Å². The summed E-state index contributed by atoms with van der Waals surface area (Å²) < 4.78 is 13.2. The van der Waals surface area contributed by atoms with Crippen LogP contribution in [-0.2, 0) is 9.59 Å². The van der Waals surface area contributed by atoms with Gasteiger partial charge in [-0.25, -0.2) is 9.40 Å². The maximum atomic E-state index is 13.2. The van der Waals surface area contributed by atoms with Crippen LogP contribution in [0.5, 0.6) is 0 Å². The molecule has 2 amide bonds. The molecule has 5 nitrogen and oxygen atoms in total. The fraction of sp³-hybridized carbons (Fsp3) is 0.278. The number of carbonyl (C=O) groups is 2. The zero-order chi connectivity index (χ0) is 18.0. The van der Waals surface area contributed by atoms with E-state index in [4.69, 9.17) is 0 Å². The second-order valence-corrected chi connectivity index (χ2v) is 6.86. The van der Waals surface area contributed by atoms with E-state index in [1.54, 1.807) is 30.5 Å². The summed E-state index contributed by atoms with van der Waals surface area (Å²) in [5.41, 5.74) is 1.64. The molecule has 0 N–H and O–H groups in total. The zero-order valence-electron chi connectivity index (χ0n) is 14.0. The fourth-order valence-electron chi connectivity index (χ4n) is 2.66. The summed E-state index contributed by atoms with van der Waals surface area (Å²) >= 11 is 1.56. The van der Waals surface area contributed by atoms with Gasteiger partial charge in [-0.3, -0.25) is 9.59 Å². The molecule has 1 unspecified atom stereocenters. The number of carbonyl (C=O) groups excluding carboxylic acids is 2. The number of hydrogen-bond acceptors (Lipinski definition) is 4. The molecule has 1 aliphatic heterocycles. The molecule has 0 spiro atoms. The normalized spacial score (nSPS) is 16.7. The molecule has 0 saturated carbocycles. The van der Waals surface area contributed by atoms with Gasteiger partial charge in [0.1, 0.15) is 12.4 Å². The number of benzene rings is 1. The average molecular weight is 359 g/mol. The Hall–Kier alpha value is -2.54. The number of likely N-dealkylation sites (N-methyl/N-ethyl adjacent to an activating group) is 1. The van der Waals surface area contributed by atoms with Crippen molar-refractivity contribution < 1.29 is 14.0 Å². The van der Waals surface area contributed by atoms with Crippen molar-refractivity contribution in [3.05, 3.63) is 58.0 Å². The van der Waals surface area contributed by atoms with E-state index in [1.165, 1.54) is 29.0 Å². The number of amides is 2. The highest BCUT2D eigenvalue weighted by Crippen LogP contribution is 2.33. The van der Waals surface area contributed by atoms with E-state index in [-0.39, 0.29) is 30.2 Å². The first kappa shape index (κ1) is 17.3. The Labute approximate surface area is 149 Å². The third kappa shape index (κ3) is 3.76. The van der Waals surface area contributed by atoms with E-state index in [2.05, 4.69) is 5.10 Å². The first-order valence-electron chi connectivity index (χ1n) is 7.86. The van der Waals surface area contributed by atoms with Crippen LogP contribution in [0.15, 0.2) is 46.9 Å². The predicted octanol–water partition coefficient (Wildman–Crippen LogP) is 3.04. The summed E-state index contributed by atoms with van der Waals surface area (Å²) in [6.45, 7) is 1.36. The molecule has 0 aliphatic carbocycles. The summed E-state index contributed by atoms with van der Waals surface area (Å²) in [7, 11) is 1.58. The molecule has 2 aromatic rings. The van der Waals surface area contributed by atoms with E-state index >= 15 is 0 Å². The minimum Gasteiger partial charge on any atom is -0.337 e. The molecule has 2 heterocycles. The van der Waals surface area contributed by atoms with Crippen molar-refractivity contribution in [1.29, 1.82) is 0 Å². The van der Waals surface area contributed by atoms with Gasteiger partial charge in [-0.05, 0) is 29.1 Å². The minimum atomic E-state index is -0.324. The molecule has 3 rings (SSSR count). The first-order valence-corrected chi connectivity index (χ1v) is 8.74. The van der Waals surface area contributed by atoms with E-state index in [9.17, 15) is 14.0 Å². The largest absolute Gasteiger partial charge is 0.337 e. The number of hydrogen-bond donors (Lipinski definition) is 0. The van der Waals surface area contributed by atoms with Gasteiger partial charge >= 0.3 is 0 Å². The highest BCUT2D eigenvalue weighted by atomic mass is 32.1. The molecule has 1 aromatic heterocycles. The van der Waals surface area contributed by atoms with Crippen molar-refractivity contribution in [3.63, 3.8) is 0 Å². The van der Waals surface area contributed by atoms with Crippen LogP contribution in [0.4, 0.5) is 4.39 Å². The lowest BCUT2D eigenvalue weighted by atomic mass is 10.0. The number of hydrazone groups is 1. The first-order chi connectivity index (χ1) is 12.0. The zero-order valence-corrected chi connectivity index (χ0v) is 14.8. The lowest BCUT2D eigenvalue weighted by Crippen LogP contribution is -2.38. The summed E-state index contributed by atoms with van der Waals surface area (Å²) in [4.78, 5) is 26.4. The minimum absolute atomic E-state index is 0.0474. The van der Waals surface area contributed by atoms with Gasteiger partial charge in [0.25, 0.3) is 5.91 Å². The lowest BCUT2D eigenvalue weighted by molar-refractivity contribution is -0.139. The lowest BCUT2D eigenvalue weighted by Gasteiger charge is -2.24. The van der Waals surface area contributed by atoms with Gasteiger partial charge in [0, 0.05) is 20.4 Å². The van der Waals surface area contributed by atoms with E-state index in [1.807, 2.05) is 17.5 Å². The SMILES string of the molecule is CC(=O)N(C)CC(=O)N1N=C(c2cccs2)CC1c1ccc(F)cc1. The molecular formula is C18H18FN3O2S. The van der Waals surface area contributed by atoms with Crippen LogP contribution in [0.3, 0.4) is 0 Å². The Morgan fingerprint density at radius 3 is 2.64 bits per heavy atom. The van der Waals surface area contributed by atoms with Crippen LogP contribution in [0, 0.1) is 5.82 Å². The molecule has 1 aliphatic rings. The second kappa shape index (κ2) is 7.14. The highest BCUT2D eigenvalue weighted by molar-refractivity contribution is 7.12. The molecule has 1 atom stereocenters. The number of nitrogens with zero attached hydrogens (tertiary/aromatic N) is 3. The quantitative estimate of drug-likeness (QED) is 0.842. The summed E-state index contributed by atoms with van der Waals surface area (Å²) in [6.07, 6.45) is 0.557. The molecule has 1 aromatic carbocycles. The monoisotopic (exact) mass is 359 g/mol. The van der Waals surface area contributed by atoms with Crippen LogP contribution in [-0.4, -0.2) is 41.0 Å². The summed E-state index contributed by atoms with van der Waals surface area (Å²) in [5, 5.41) is 7.88. The predicted molar refractivity (Wildman–Crippen MR) is 94.8 cm³/mol. The van der Waals surface area contributed by atoms with Gasteiger partial charge < -0.3 is 4.90 Å². The van der Waals surface area contributed by atoms with Crippen molar-refractivity contribution in [2.24, 2.45) is 5.10 Å². The van der Waals surface area contributed by atoms with Crippen LogP contribution < -0.4 is 0 Å². The Kier molecular flexibility index (Phi) is 4.94. The van der Waals surface area contributed by atoms with Gasteiger partial charge in [-0.1, -0.05) is 18.2 Å². The topological polar surface area (TPSA) is 53.0 Å². The Balaban J connectivity index is 1.89. The van der Waals surface area contributed by atoms with E-state index in [0.717, 1.165) is 16.2 Å². The Bertz CT molecular complexity index is 802. The molecule has 0 saturated heterocycles. The van der Waals surface area contributed by atoms with Crippen molar-refractivity contribution in [2.75, 3.05) is 13.6 Å².